The van der Waals surface area contributed by atoms with E-state index in [-0.39, 0.29) is 17.1 Å². The van der Waals surface area contributed by atoms with Gasteiger partial charge in [0.05, 0.1) is 22.8 Å². The zero-order chi connectivity index (χ0) is 26.4. The Hall–Kier alpha value is -3.49. The molecule has 4 rings (SSSR count). The molecule has 0 amide bonds. The van der Waals surface area contributed by atoms with Crippen LogP contribution in [0.2, 0.25) is 0 Å². The second-order valence-corrected chi connectivity index (χ2v) is 12.4. The van der Waals surface area contributed by atoms with E-state index in [1.54, 1.807) is 47.7 Å². The highest BCUT2D eigenvalue weighted by molar-refractivity contribution is 7.91. The van der Waals surface area contributed by atoms with Crippen LogP contribution in [0.25, 0.3) is 0 Å². The van der Waals surface area contributed by atoms with Crippen LogP contribution < -0.4 is 5.32 Å². The summed E-state index contributed by atoms with van der Waals surface area (Å²) in [6.07, 6.45) is 1.34. The molecule has 0 spiro atoms. The molecule has 0 bridgehead atoms. The molecule has 0 fully saturated rings. The predicted molar refractivity (Wildman–Crippen MR) is 149 cm³/mol. The van der Waals surface area contributed by atoms with E-state index in [4.69, 9.17) is 0 Å². The Bertz CT molecular complexity index is 1440. The molecule has 1 aromatic heterocycles. The van der Waals surface area contributed by atoms with Gasteiger partial charge in [0.15, 0.2) is 15.0 Å². The number of aromatic nitrogens is 1. The Morgan fingerprint density at radius 1 is 0.946 bits per heavy atom. The lowest BCUT2D eigenvalue weighted by atomic mass is 9.98. The van der Waals surface area contributed by atoms with Crippen molar-refractivity contribution in [3.8, 4) is 0 Å². The standard InChI is InChI=1S/C29H30N2O4S2/c1-20-21(2)36-29(30-20)31-26-10-6-7-23(17-26)12-11-22-13-15-27(16-14-22)37(34,35)19-25(18-28(32)33)24-8-4-3-5-9-24/h3-10,13-17,25H,11-12,18-19H2,1-2H3,(H,30,31)(H,32,33). The average molecular weight is 535 g/mol. The molecular weight excluding hydrogens is 504 g/mol. The van der Waals surface area contributed by atoms with Crippen LogP contribution in [0.3, 0.4) is 0 Å². The van der Waals surface area contributed by atoms with Crippen LogP contribution in [0.15, 0.2) is 83.8 Å². The van der Waals surface area contributed by atoms with E-state index in [1.807, 2.05) is 37.3 Å². The normalized spacial score (nSPS) is 12.3. The summed E-state index contributed by atoms with van der Waals surface area (Å²) in [7, 11) is -3.65. The van der Waals surface area contributed by atoms with Crippen LogP contribution in [0.1, 0.15) is 39.6 Å². The summed E-state index contributed by atoms with van der Waals surface area (Å²) in [5, 5.41) is 13.6. The number of anilines is 2. The number of carboxylic acids is 1. The molecule has 0 radical (unpaired) electrons. The minimum Gasteiger partial charge on any atom is -0.481 e. The summed E-state index contributed by atoms with van der Waals surface area (Å²) < 4.78 is 26.2. The fourth-order valence-corrected chi connectivity index (χ4v) is 6.59. The summed E-state index contributed by atoms with van der Waals surface area (Å²) in [6, 6.07) is 24.1. The topological polar surface area (TPSA) is 96.4 Å². The van der Waals surface area contributed by atoms with Crippen LogP contribution in [0, 0.1) is 13.8 Å². The molecule has 8 heteroatoms. The zero-order valence-electron chi connectivity index (χ0n) is 20.8. The molecule has 4 aromatic rings. The number of aliphatic carboxylic acids is 1. The number of hydrogen-bond donors (Lipinski definition) is 2. The van der Waals surface area contributed by atoms with E-state index in [0.717, 1.165) is 34.9 Å². The van der Waals surface area contributed by atoms with E-state index < -0.39 is 21.7 Å². The van der Waals surface area contributed by atoms with Crippen molar-refractivity contribution in [3.05, 3.63) is 106 Å². The van der Waals surface area contributed by atoms with Gasteiger partial charge in [-0.3, -0.25) is 4.79 Å². The van der Waals surface area contributed by atoms with Crippen molar-refractivity contribution < 1.29 is 18.3 Å². The van der Waals surface area contributed by atoms with Crippen molar-refractivity contribution in [1.82, 2.24) is 4.98 Å². The monoisotopic (exact) mass is 534 g/mol. The van der Waals surface area contributed by atoms with Crippen LogP contribution in [-0.4, -0.2) is 30.2 Å². The molecule has 6 nitrogen and oxygen atoms in total. The second-order valence-electron chi connectivity index (χ2n) is 9.12. The van der Waals surface area contributed by atoms with Crippen molar-refractivity contribution in [2.75, 3.05) is 11.1 Å². The highest BCUT2D eigenvalue weighted by Crippen LogP contribution is 2.27. The molecule has 0 aliphatic carbocycles. The van der Waals surface area contributed by atoms with Gasteiger partial charge < -0.3 is 10.4 Å². The average Bonchev–Trinajstić information content (AvgIpc) is 3.19. The molecule has 1 unspecified atom stereocenters. The molecule has 37 heavy (non-hydrogen) atoms. The number of hydrogen-bond acceptors (Lipinski definition) is 6. The molecule has 3 aromatic carbocycles. The fraction of sp³-hybridized carbons (Fsp3) is 0.241. The Morgan fingerprint density at radius 2 is 1.65 bits per heavy atom. The first-order valence-corrected chi connectivity index (χ1v) is 14.5. The van der Waals surface area contributed by atoms with E-state index >= 15 is 0 Å². The van der Waals surface area contributed by atoms with Gasteiger partial charge in [-0.25, -0.2) is 13.4 Å². The predicted octanol–water partition coefficient (Wildman–Crippen LogP) is 6.32. The Kier molecular flexibility index (Phi) is 8.41. The number of aryl methyl sites for hydroxylation is 4. The van der Waals surface area contributed by atoms with Crippen LogP contribution in [0.5, 0.6) is 0 Å². The number of carboxylic acid groups (broad SMARTS) is 1. The maximum Gasteiger partial charge on any atom is 0.303 e. The summed E-state index contributed by atoms with van der Waals surface area (Å²) in [4.78, 5) is 17.3. The van der Waals surface area contributed by atoms with E-state index in [1.165, 1.54) is 10.4 Å². The first-order chi connectivity index (χ1) is 17.7. The SMILES string of the molecule is Cc1nc(Nc2cccc(CCc3ccc(S(=O)(=O)CC(CC(=O)O)c4ccccc4)cc3)c2)sc1C. The number of nitrogens with zero attached hydrogens (tertiary/aromatic N) is 1. The molecular formula is C29H30N2O4S2. The third-order valence-electron chi connectivity index (χ3n) is 6.30. The smallest absolute Gasteiger partial charge is 0.303 e. The van der Waals surface area contributed by atoms with Gasteiger partial charge >= 0.3 is 5.97 Å². The van der Waals surface area contributed by atoms with Gasteiger partial charge in [-0.15, -0.1) is 11.3 Å². The molecule has 0 saturated carbocycles. The third-order valence-corrected chi connectivity index (χ3v) is 9.12. The number of carbonyl (C=O) groups is 1. The van der Waals surface area contributed by atoms with Gasteiger partial charge in [-0.2, -0.15) is 0 Å². The lowest BCUT2D eigenvalue weighted by Gasteiger charge is -2.16. The van der Waals surface area contributed by atoms with Gasteiger partial charge in [0.1, 0.15) is 0 Å². The Labute approximate surface area is 222 Å². The van der Waals surface area contributed by atoms with Gasteiger partial charge in [0.2, 0.25) is 0 Å². The quantitative estimate of drug-likeness (QED) is 0.234. The van der Waals surface area contributed by atoms with Crippen LogP contribution >= 0.6 is 11.3 Å². The van der Waals surface area contributed by atoms with Crippen LogP contribution in [-0.2, 0) is 27.5 Å². The summed E-state index contributed by atoms with van der Waals surface area (Å²) in [5.74, 6) is -1.88. The number of rotatable bonds is 11. The summed E-state index contributed by atoms with van der Waals surface area (Å²) in [6.45, 7) is 4.06. The lowest BCUT2D eigenvalue weighted by molar-refractivity contribution is -0.137. The lowest BCUT2D eigenvalue weighted by Crippen LogP contribution is -2.18. The molecule has 2 N–H and O–H groups in total. The van der Waals surface area contributed by atoms with E-state index in [2.05, 4.69) is 29.4 Å². The Morgan fingerprint density at radius 3 is 2.30 bits per heavy atom. The molecule has 0 saturated heterocycles. The zero-order valence-corrected chi connectivity index (χ0v) is 22.5. The first-order valence-electron chi connectivity index (χ1n) is 12.1. The first kappa shape index (κ1) is 26.6. The molecule has 0 aliphatic rings. The van der Waals surface area contributed by atoms with Gasteiger partial charge in [0.25, 0.3) is 0 Å². The maximum absolute atomic E-state index is 13.1. The number of benzene rings is 3. The Balaban J connectivity index is 1.40. The van der Waals surface area contributed by atoms with Gasteiger partial charge in [-0.05, 0) is 67.6 Å². The minimum atomic E-state index is -3.65. The van der Waals surface area contributed by atoms with Crippen molar-refractivity contribution in [2.24, 2.45) is 0 Å². The van der Waals surface area contributed by atoms with Crippen molar-refractivity contribution in [3.63, 3.8) is 0 Å². The molecule has 1 heterocycles. The van der Waals surface area contributed by atoms with Crippen LogP contribution in [0.4, 0.5) is 10.8 Å². The summed E-state index contributed by atoms with van der Waals surface area (Å²) in [5.41, 5.74) is 4.94. The molecule has 192 valence electrons. The third kappa shape index (κ3) is 7.27. The number of sulfone groups is 1. The summed E-state index contributed by atoms with van der Waals surface area (Å²) >= 11 is 1.63. The minimum absolute atomic E-state index is 0.211. The van der Waals surface area contributed by atoms with Gasteiger partial charge in [-0.1, -0.05) is 54.6 Å². The molecule has 0 aliphatic heterocycles. The number of thiazole rings is 1. The van der Waals surface area contributed by atoms with E-state index in [0.29, 0.717) is 5.56 Å². The fourth-order valence-electron chi connectivity index (χ4n) is 4.18. The second kappa shape index (κ2) is 11.7. The largest absolute Gasteiger partial charge is 0.481 e. The van der Waals surface area contributed by atoms with Crippen molar-refractivity contribution in [2.45, 2.75) is 43.9 Å². The number of nitrogens with one attached hydrogen (secondary N) is 1. The maximum atomic E-state index is 13.1. The van der Waals surface area contributed by atoms with Crippen molar-refractivity contribution in [1.29, 1.82) is 0 Å². The highest BCUT2D eigenvalue weighted by Gasteiger charge is 2.24. The van der Waals surface area contributed by atoms with Gasteiger partial charge in [0, 0.05) is 16.5 Å². The van der Waals surface area contributed by atoms with Crippen molar-refractivity contribution >= 4 is 38.0 Å². The highest BCUT2D eigenvalue weighted by atomic mass is 32.2. The molecule has 1 atom stereocenters. The van der Waals surface area contributed by atoms with E-state index in [9.17, 15) is 18.3 Å².